The van der Waals surface area contributed by atoms with E-state index in [0.29, 0.717) is 0 Å². The molecule has 9 aromatic rings. The molecule has 3 aromatic heterocycles. The highest BCUT2D eigenvalue weighted by Crippen LogP contribution is 2.45. The van der Waals surface area contributed by atoms with E-state index in [2.05, 4.69) is 45.0 Å². The van der Waals surface area contributed by atoms with Crippen LogP contribution in [0.3, 0.4) is 0 Å². The number of rotatable bonds is 21. The molecule has 42 heteroatoms. The number of aliphatic hydroxyl groups excluding tert-OH is 3. The summed E-state index contributed by atoms with van der Waals surface area (Å²) in [5.74, 6) is -5.45. The van der Waals surface area contributed by atoms with E-state index in [-0.39, 0.29) is 60.1 Å². The Bertz CT molecular complexity index is 5270. The molecule has 0 bridgehead atoms. The quantitative estimate of drug-likeness (QED) is 0.00972. The van der Waals surface area contributed by atoms with Gasteiger partial charge < -0.3 is 62.7 Å². The number of carbonyl (C=O) groups is 6. The maximum atomic E-state index is 13.4. The number of benzene rings is 6. The zero-order valence-corrected chi connectivity index (χ0v) is 62.4. The van der Waals surface area contributed by atoms with Crippen LogP contribution in [0.15, 0.2) is 241 Å². The molecule has 116 heavy (non-hydrogen) atoms. The Balaban J connectivity index is 0.000000204. The van der Waals surface area contributed by atoms with Gasteiger partial charge in [-0.25, -0.2) is 43.2 Å². The van der Waals surface area contributed by atoms with Gasteiger partial charge in [0.25, 0.3) is 5.56 Å². The zero-order valence-electron chi connectivity index (χ0n) is 59.2. The molecule has 0 saturated carbocycles. The van der Waals surface area contributed by atoms with Crippen molar-refractivity contribution in [2.45, 2.75) is 92.8 Å². The van der Waals surface area contributed by atoms with Crippen LogP contribution in [0.1, 0.15) is 101 Å². The summed E-state index contributed by atoms with van der Waals surface area (Å²) >= 11 is 21.8. The first-order valence-electron chi connectivity index (χ1n) is 34.0. The average Bonchev–Trinajstić information content (AvgIpc) is 1.60. The zero-order chi connectivity index (χ0) is 82.4. The topological polar surface area (TPSA) is 532 Å². The number of aliphatic hydroxyl groups is 3. The first-order chi connectivity index (χ1) is 55.4. The summed E-state index contributed by atoms with van der Waals surface area (Å²) < 4.78 is 59.5. The molecule has 602 valence electrons. The van der Waals surface area contributed by atoms with Gasteiger partial charge in [0, 0.05) is 62.7 Å². The molecular weight excluding hydrogens is 1600 g/mol. The van der Waals surface area contributed by atoms with Gasteiger partial charge >= 0.3 is 52.9 Å². The van der Waals surface area contributed by atoms with Gasteiger partial charge in [0.15, 0.2) is 43.1 Å². The Morgan fingerprint density at radius 2 is 0.802 bits per heavy atom. The number of hydrogen-bond acceptors (Lipinski definition) is 28. The summed E-state index contributed by atoms with van der Waals surface area (Å²) in [4.78, 5) is 144. The van der Waals surface area contributed by atoms with Crippen LogP contribution in [-0.4, -0.2) is 167 Å². The Hall–Kier alpha value is -12.8. The standard InChI is InChI=1S/C30H22ClN5O9.C30H22ClN5O8S.C9H11N5O5S.C4H8O.CH4/c31-21-13-7-12-20(16-21)26(38)42-17-30(34-35-32)24(44-28(40)19-10-5-2-6-11-19)23(43-27(39)18-8-3-1-4-9-18)25(45-30)36-15-14-22(37)33-29(36)41;31-21-13-7-12-20(16-21)26(37)41-17-30(34-35-32)24(43-28(39)19-10-5-2-6-11-19)23(42-27(38)18-8-3-1-4-9-18)25(44-30)36-15-14-22(45)33-29(36)40;10-13-12-9(3-15)6(17)5(16)7(19-9)14-2-1-4(20)11-8(14)18;1-2-4-5-3-1;/h1-16,23-25H,17H2,(H,33,37,41);1-16,23-25H,17H2,(H,33,40,45);1-2,5-7,15-17H,3H2,(H,11,18,20);1-4H2;1H4/t2*23-,24?,25+,30+;5-,6?,7+,9+;;/m000../s1. The number of ether oxygens (including phenoxy) is 10. The van der Waals surface area contributed by atoms with Crippen molar-refractivity contribution in [2.24, 2.45) is 15.3 Å². The Morgan fingerprint density at radius 3 is 1.14 bits per heavy atom. The highest BCUT2D eigenvalue weighted by Gasteiger charge is 2.63. The number of hydrogen-bond donors (Lipinski definition) is 6. The number of H-pyrrole nitrogens is 3. The molecule has 4 aliphatic heterocycles. The summed E-state index contributed by atoms with van der Waals surface area (Å²) in [6, 6.07) is 46.5. The summed E-state index contributed by atoms with van der Waals surface area (Å²) in [6.07, 6.45) is -8.57. The highest BCUT2D eigenvalue weighted by molar-refractivity contribution is 7.71. The predicted molar refractivity (Wildman–Crippen MR) is 411 cm³/mol. The molecule has 3 unspecified atom stereocenters. The first kappa shape index (κ1) is 87.2. The number of azide groups is 3. The van der Waals surface area contributed by atoms with Crippen molar-refractivity contribution in [2.75, 3.05) is 33.0 Å². The van der Waals surface area contributed by atoms with Crippen LogP contribution in [0.2, 0.25) is 10.0 Å². The van der Waals surface area contributed by atoms with Crippen LogP contribution < -0.4 is 22.6 Å². The molecule has 4 saturated heterocycles. The molecule has 12 atom stereocenters. The fourth-order valence-corrected chi connectivity index (χ4v) is 12.3. The van der Waals surface area contributed by atoms with E-state index in [1.807, 2.05) is 0 Å². The molecule has 0 aliphatic carbocycles. The van der Waals surface area contributed by atoms with E-state index in [1.54, 1.807) is 78.9 Å². The third kappa shape index (κ3) is 21.2. The number of halogens is 2. The molecule has 6 N–H and O–H groups in total. The first-order valence-corrected chi connectivity index (χ1v) is 35.5. The lowest BCUT2D eigenvalue weighted by Gasteiger charge is -2.29. The smallest absolute Gasteiger partial charge is 0.338 e. The minimum absolute atomic E-state index is 0. The van der Waals surface area contributed by atoms with Crippen LogP contribution >= 0.6 is 47.6 Å². The predicted octanol–water partition coefficient (Wildman–Crippen LogP) is 10.0. The summed E-state index contributed by atoms with van der Waals surface area (Å²) in [7, 11) is 0. The maximum absolute atomic E-state index is 13.4. The molecule has 0 spiro atoms. The maximum Gasteiger partial charge on any atom is 0.338 e. The van der Waals surface area contributed by atoms with Gasteiger partial charge in [-0.2, -0.15) is 0 Å². The lowest BCUT2D eigenvalue weighted by atomic mass is 10.0. The van der Waals surface area contributed by atoms with E-state index in [0.717, 1.165) is 39.2 Å². The molecule has 4 aliphatic rings. The van der Waals surface area contributed by atoms with Crippen molar-refractivity contribution in [3.8, 4) is 0 Å². The lowest BCUT2D eigenvalue weighted by Crippen LogP contribution is -2.49. The summed E-state index contributed by atoms with van der Waals surface area (Å²) in [5, 5.41) is 40.2. The van der Waals surface area contributed by atoms with E-state index in [9.17, 15) is 74.3 Å². The Kier molecular flexibility index (Phi) is 30.3. The van der Waals surface area contributed by atoms with Crippen molar-refractivity contribution in [1.29, 1.82) is 0 Å². The Labute approximate surface area is 673 Å². The molecule has 38 nitrogen and oxygen atoms in total. The van der Waals surface area contributed by atoms with E-state index in [1.165, 1.54) is 128 Å². The van der Waals surface area contributed by atoms with Gasteiger partial charge in [0.05, 0.1) is 40.0 Å². The van der Waals surface area contributed by atoms with Crippen LogP contribution in [0.25, 0.3) is 31.3 Å². The number of carbonyl (C=O) groups excluding carboxylic acids is 6. The number of esters is 6. The second-order valence-electron chi connectivity index (χ2n) is 24.6. The average molecular weight is 1670 g/mol. The van der Waals surface area contributed by atoms with Crippen LogP contribution in [0.4, 0.5) is 0 Å². The highest BCUT2D eigenvalue weighted by atomic mass is 35.5. The normalized spacial score (nSPS) is 22.5. The molecule has 13 rings (SSSR count). The molecular formula is C74H67Cl2N15O23S2. The number of nitrogens with zero attached hydrogens (tertiary/aromatic N) is 12. The minimum Gasteiger partial charge on any atom is -0.459 e. The van der Waals surface area contributed by atoms with Crippen LogP contribution in [0.5, 0.6) is 0 Å². The monoisotopic (exact) mass is 1670 g/mol. The van der Waals surface area contributed by atoms with Crippen molar-refractivity contribution in [1.82, 2.24) is 28.7 Å². The van der Waals surface area contributed by atoms with Crippen molar-refractivity contribution >= 4 is 83.5 Å². The van der Waals surface area contributed by atoms with Crippen molar-refractivity contribution < 1.29 is 91.5 Å². The second-order valence-corrected chi connectivity index (χ2v) is 26.4. The summed E-state index contributed by atoms with van der Waals surface area (Å²) in [6.45, 7) is -0.560. The number of aromatic nitrogens is 6. The van der Waals surface area contributed by atoms with Gasteiger partial charge in [-0.05, 0) is 126 Å². The van der Waals surface area contributed by atoms with Crippen molar-refractivity contribution in [3.63, 3.8) is 0 Å². The van der Waals surface area contributed by atoms with Gasteiger partial charge in [0.1, 0.15) is 34.7 Å². The van der Waals surface area contributed by atoms with Crippen molar-refractivity contribution in [3.05, 3.63) is 332 Å². The molecule has 6 aromatic carbocycles. The van der Waals surface area contributed by atoms with Crippen LogP contribution in [-0.2, 0) is 47.4 Å². The summed E-state index contributed by atoms with van der Waals surface area (Å²) in [5.41, 5.74) is 18.2. The van der Waals surface area contributed by atoms with E-state index < -0.39 is 151 Å². The van der Waals surface area contributed by atoms with Crippen LogP contribution in [0, 0.1) is 9.28 Å². The van der Waals surface area contributed by atoms with Gasteiger partial charge in [-0.1, -0.05) is 155 Å². The van der Waals surface area contributed by atoms with Gasteiger partial charge in [-0.15, -0.1) is 0 Å². The molecule has 7 heterocycles. The molecule has 0 amide bonds. The molecule has 4 fully saturated rings. The lowest BCUT2D eigenvalue weighted by molar-refractivity contribution is -0.129. The largest absolute Gasteiger partial charge is 0.459 e. The fraction of sp³-hybridized carbons (Fsp3) is 0.270. The third-order valence-corrected chi connectivity index (χ3v) is 18.1. The van der Waals surface area contributed by atoms with E-state index >= 15 is 0 Å². The fourth-order valence-electron chi connectivity index (χ4n) is 11.6. The van der Waals surface area contributed by atoms with Gasteiger partial charge in [0.2, 0.25) is 17.2 Å². The SMILES string of the molecule is C.C1CCOC1.[N-]=[N+]=N[C@]1(CO)O[C@@H](n2ccc(=S)[nH]c2=O)[C@@H](O)C1O.[N-]=[N+]=N[C@]1(COC(=O)c2cccc(Cl)c2)O[C@@H](n2ccc(=O)[nH]c2=O)[C@@H](OC(=O)c2ccccc2)C1OC(=O)c1ccccc1.[N-]=[N+]=N[C@]1(COC(=O)c2cccc(Cl)c2)O[C@@H](n2ccc(=S)[nH]c2=O)[C@@H](OC(=O)c2ccccc2)C1OC(=O)c1ccccc1. The number of aromatic amines is 3. The molecule has 0 radical (unpaired) electrons. The second kappa shape index (κ2) is 40.3. The third-order valence-electron chi connectivity index (χ3n) is 17.1. The van der Waals surface area contributed by atoms with Gasteiger partial charge in [-0.3, -0.25) is 33.4 Å². The number of nitrogens with one attached hydrogen (secondary N) is 3. The minimum atomic E-state index is -2.39. The Morgan fingerprint density at radius 1 is 0.466 bits per heavy atom. The van der Waals surface area contributed by atoms with E-state index in [4.69, 9.17) is 101 Å².